The van der Waals surface area contributed by atoms with Crippen molar-refractivity contribution in [3.63, 3.8) is 0 Å². The second-order valence-corrected chi connectivity index (χ2v) is 5.45. The lowest BCUT2D eigenvalue weighted by Gasteiger charge is -2.17. The number of carbonyl (C=O) groups excluding carboxylic acids is 2. The molecule has 138 valence electrons. The van der Waals surface area contributed by atoms with Crippen molar-refractivity contribution in [1.29, 1.82) is 0 Å². The van der Waals surface area contributed by atoms with Crippen LogP contribution in [0, 0.1) is 0 Å². The molecule has 0 saturated heterocycles. The van der Waals surface area contributed by atoms with Gasteiger partial charge in [-0.15, -0.1) is 0 Å². The third-order valence-corrected chi connectivity index (χ3v) is 3.53. The molecule has 0 spiro atoms. The van der Waals surface area contributed by atoms with Gasteiger partial charge in [0.05, 0.1) is 11.1 Å². The van der Waals surface area contributed by atoms with Crippen LogP contribution in [0.25, 0.3) is 0 Å². The van der Waals surface area contributed by atoms with E-state index >= 15 is 0 Å². The van der Waals surface area contributed by atoms with Crippen LogP contribution >= 0.6 is 0 Å². The lowest BCUT2D eigenvalue weighted by molar-refractivity contribution is -0.137. The summed E-state index contributed by atoms with van der Waals surface area (Å²) in [6.07, 6.45) is -4.44. The number of nitrogens with zero attached hydrogens (tertiary/aromatic N) is 1. The van der Waals surface area contributed by atoms with E-state index in [-0.39, 0.29) is 18.7 Å². The molecule has 0 atom stereocenters. The standard InChI is InChI=1S/C18H17F3N2O3/c1-23(12-11-22-26-17(25)14-5-3-2-4-6-14)16(24)13-7-9-15(10-8-13)18(19,20)21/h2-10,22H,11-12H2,1H3. The summed E-state index contributed by atoms with van der Waals surface area (Å²) < 4.78 is 37.6. The van der Waals surface area contributed by atoms with Gasteiger partial charge >= 0.3 is 12.1 Å². The second-order valence-electron chi connectivity index (χ2n) is 5.45. The summed E-state index contributed by atoms with van der Waals surface area (Å²) in [5, 5.41) is 0. The average Bonchev–Trinajstić information content (AvgIpc) is 2.64. The summed E-state index contributed by atoms with van der Waals surface area (Å²) in [6.45, 7) is 0.364. The first kappa shape index (κ1) is 19.5. The number of hydroxylamine groups is 1. The molecule has 1 N–H and O–H groups in total. The highest BCUT2D eigenvalue weighted by atomic mass is 19.4. The number of nitrogens with one attached hydrogen (secondary N) is 1. The van der Waals surface area contributed by atoms with E-state index in [1.807, 2.05) is 0 Å². The Balaban J connectivity index is 1.79. The van der Waals surface area contributed by atoms with Crippen LogP contribution in [0.5, 0.6) is 0 Å². The molecule has 8 heteroatoms. The molecule has 0 aliphatic heterocycles. The SMILES string of the molecule is CN(CCNOC(=O)c1ccccc1)C(=O)c1ccc(C(F)(F)F)cc1. The number of carbonyl (C=O) groups is 2. The summed E-state index contributed by atoms with van der Waals surface area (Å²) in [7, 11) is 1.50. The molecule has 5 nitrogen and oxygen atoms in total. The molecule has 0 bridgehead atoms. The Morgan fingerprint density at radius 3 is 2.19 bits per heavy atom. The molecule has 26 heavy (non-hydrogen) atoms. The zero-order valence-corrected chi connectivity index (χ0v) is 13.9. The first-order chi connectivity index (χ1) is 12.3. The van der Waals surface area contributed by atoms with Crippen molar-refractivity contribution in [2.45, 2.75) is 6.18 Å². The minimum atomic E-state index is -4.44. The number of rotatable bonds is 6. The Bertz CT molecular complexity index is 747. The maximum atomic E-state index is 12.5. The van der Waals surface area contributed by atoms with E-state index in [9.17, 15) is 22.8 Å². The van der Waals surface area contributed by atoms with Gasteiger partial charge in [-0.2, -0.15) is 18.7 Å². The van der Waals surface area contributed by atoms with Crippen molar-refractivity contribution in [3.8, 4) is 0 Å². The Kier molecular flexibility index (Phi) is 6.35. The van der Waals surface area contributed by atoms with Gasteiger partial charge in [0.15, 0.2) is 0 Å². The lowest BCUT2D eigenvalue weighted by atomic mass is 10.1. The third kappa shape index (κ3) is 5.32. The molecular weight excluding hydrogens is 349 g/mol. The molecule has 0 unspecified atom stereocenters. The largest absolute Gasteiger partial charge is 0.416 e. The van der Waals surface area contributed by atoms with Gasteiger partial charge in [-0.25, -0.2) is 4.79 Å². The summed E-state index contributed by atoms with van der Waals surface area (Å²) in [4.78, 5) is 30.0. The molecule has 2 rings (SSSR count). The normalized spacial score (nSPS) is 11.1. The summed E-state index contributed by atoms with van der Waals surface area (Å²) >= 11 is 0. The minimum Gasteiger partial charge on any atom is -0.367 e. The van der Waals surface area contributed by atoms with Crippen LogP contribution in [0.3, 0.4) is 0 Å². The topological polar surface area (TPSA) is 58.6 Å². The second kappa shape index (κ2) is 8.48. The lowest BCUT2D eigenvalue weighted by Crippen LogP contribution is -2.34. The molecule has 0 saturated carbocycles. The highest BCUT2D eigenvalue weighted by Crippen LogP contribution is 2.29. The Morgan fingerprint density at radius 1 is 1.00 bits per heavy atom. The predicted molar refractivity (Wildman–Crippen MR) is 88.3 cm³/mol. The fraction of sp³-hybridized carbons (Fsp3) is 0.222. The zero-order chi connectivity index (χ0) is 19.2. The van der Waals surface area contributed by atoms with Gasteiger partial charge < -0.3 is 9.74 Å². The monoisotopic (exact) mass is 366 g/mol. The van der Waals surface area contributed by atoms with Crippen molar-refractivity contribution in [2.24, 2.45) is 0 Å². The number of alkyl halides is 3. The molecular formula is C18H17F3N2O3. The summed E-state index contributed by atoms with van der Waals surface area (Å²) in [5.74, 6) is -0.989. The third-order valence-electron chi connectivity index (χ3n) is 3.53. The quantitative estimate of drug-likeness (QED) is 0.630. The van der Waals surface area contributed by atoms with Crippen LogP contribution in [0.2, 0.25) is 0 Å². The molecule has 2 aromatic carbocycles. The summed E-state index contributed by atoms with van der Waals surface area (Å²) in [6, 6.07) is 12.4. The molecule has 0 radical (unpaired) electrons. The van der Waals surface area contributed by atoms with Gasteiger partial charge in [0.1, 0.15) is 0 Å². The molecule has 0 aromatic heterocycles. The van der Waals surface area contributed by atoms with Crippen molar-refractivity contribution >= 4 is 11.9 Å². The van der Waals surface area contributed by atoms with E-state index < -0.39 is 23.6 Å². The van der Waals surface area contributed by atoms with Crippen molar-refractivity contribution in [1.82, 2.24) is 10.4 Å². The number of likely N-dealkylation sites (N-methyl/N-ethyl adjacent to an activating group) is 1. The Hall–Kier alpha value is -2.87. The van der Waals surface area contributed by atoms with Crippen LogP contribution in [0.1, 0.15) is 26.3 Å². The molecule has 0 aliphatic rings. The average molecular weight is 366 g/mol. The number of benzene rings is 2. The van der Waals surface area contributed by atoms with Gasteiger partial charge in [-0.05, 0) is 36.4 Å². The maximum Gasteiger partial charge on any atom is 0.416 e. The van der Waals surface area contributed by atoms with E-state index in [1.165, 1.54) is 11.9 Å². The summed E-state index contributed by atoms with van der Waals surface area (Å²) in [5.41, 5.74) is 2.17. The van der Waals surface area contributed by atoms with Crippen LogP contribution in [-0.4, -0.2) is 36.9 Å². The van der Waals surface area contributed by atoms with Gasteiger partial charge in [0, 0.05) is 25.7 Å². The maximum absolute atomic E-state index is 12.5. The number of hydrogen-bond donors (Lipinski definition) is 1. The van der Waals surface area contributed by atoms with Crippen molar-refractivity contribution in [2.75, 3.05) is 20.1 Å². The van der Waals surface area contributed by atoms with Gasteiger partial charge in [-0.3, -0.25) is 4.79 Å². The highest BCUT2D eigenvalue weighted by Gasteiger charge is 2.30. The van der Waals surface area contributed by atoms with Crippen molar-refractivity contribution in [3.05, 3.63) is 71.3 Å². The fourth-order valence-electron chi connectivity index (χ4n) is 2.09. The van der Waals surface area contributed by atoms with Crippen LogP contribution in [0.4, 0.5) is 13.2 Å². The van der Waals surface area contributed by atoms with E-state index in [2.05, 4.69) is 5.48 Å². The molecule has 0 fully saturated rings. The van der Waals surface area contributed by atoms with Gasteiger partial charge in [0.2, 0.25) is 0 Å². The van der Waals surface area contributed by atoms with Crippen LogP contribution < -0.4 is 5.48 Å². The fourth-order valence-corrected chi connectivity index (χ4v) is 2.09. The molecule has 0 aliphatic carbocycles. The number of hydrogen-bond acceptors (Lipinski definition) is 4. The molecule has 0 heterocycles. The van der Waals surface area contributed by atoms with Crippen LogP contribution in [0.15, 0.2) is 54.6 Å². The Morgan fingerprint density at radius 2 is 1.62 bits per heavy atom. The van der Waals surface area contributed by atoms with Crippen LogP contribution in [-0.2, 0) is 11.0 Å². The van der Waals surface area contributed by atoms with Gasteiger partial charge in [0.25, 0.3) is 5.91 Å². The smallest absolute Gasteiger partial charge is 0.367 e. The highest BCUT2D eigenvalue weighted by molar-refractivity contribution is 5.94. The van der Waals surface area contributed by atoms with E-state index in [1.54, 1.807) is 30.3 Å². The predicted octanol–water partition coefficient (Wildman–Crippen LogP) is 3.14. The minimum absolute atomic E-state index is 0.141. The first-order valence-electron chi connectivity index (χ1n) is 7.71. The van der Waals surface area contributed by atoms with E-state index in [0.29, 0.717) is 5.56 Å². The van der Waals surface area contributed by atoms with E-state index in [0.717, 1.165) is 24.3 Å². The van der Waals surface area contributed by atoms with Gasteiger partial charge in [-0.1, -0.05) is 18.2 Å². The molecule has 2 aromatic rings. The molecule has 1 amide bonds. The number of halogens is 3. The van der Waals surface area contributed by atoms with E-state index in [4.69, 9.17) is 4.84 Å². The Labute approximate surface area is 148 Å². The van der Waals surface area contributed by atoms with Crippen molar-refractivity contribution < 1.29 is 27.6 Å². The first-order valence-corrected chi connectivity index (χ1v) is 7.71. The zero-order valence-electron chi connectivity index (χ0n) is 13.9. The number of amides is 1.